The van der Waals surface area contributed by atoms with Gasteiger partial charge in [0.2, 0.25) is 5.91 Å². The lowest BCUT2D eigenvalue weighted by molar-refractivity contribution is -0.113. The molecule has 0 saturated carbocycles. The predicted molar refractivity (Wildman–Crippen MR) is 119 cm³/mol. The number of hydrogen-bond acceptors (Lipinski definition) is 5. The largest absolute Gasteiger partial charge is 0.345 e. The highest BCUT2D eigenvalue weighted by molar-refractivity contribution is 7.99. The van der Waals surface area contributed by atoms with Crippen LogP contribution in [0.3, 0.4) is 0 Å². The molecule has 0 atom stereocenters. The Labute approximate surface area is 180 Å². The number of nitrogens with one attached hydrogen (secondary N) is 2. The van der Waals surface area contributed by atoms with Gasteiger partial charge in [0.15, 0.2) is 11.0 Å². The number of rotatable bonds is 7. The van der Waals surface area contributed by atoms with Crippen molar-refractivity contribution in [3.63, 3.8) is 0 Å². The van der Waals surface area contributed by atoms with Crippen LogP contribution in [0.4, 0.5) is 5.69 Å². The maximum Gasteiger partial charge on any atom is 0.251 e. The zero-order valence-corrected chi connectivity index (χ0v) is 18.3. The Morgan fingerprint density at radius 1 is 0.967 bits per heavy atom. The SMILES string of the molecule is Cc1ccccc1C(=O)NCc1nnc(SCC(=O)Nc2c(C)cccc2C)n1C. The molecule has 0 aliphatic rings. The molecule has 3 aromatic rings. The van der Waals surface area contributed by atoms with Crippen molar-refractivity contribution in [2.75, 3.05) is 11.1 Å². The van der Waals surface area contributed by atoms with E-state index in [1.54, 1.807) is 10.6 Å². The molecule has 30 heavy (non-hydrogen) atoms. The minimum Gasteiger partial charge on any atom is -0.345 e. The lowest BCUT2D eigenvalue weighted by Gasteiger charge is -2.11. The summed E-state index contributed by atoms with van der Waals surface area (Å²) >= 11 is 1.30. The number of aromatic nitrogens is 3. The number of thioether (sulfide) groups is 1. The van der Waals surface area contributed by atoms with E-state index in [1.165, 1.54) is 11.8 Å². The van der Waals surface area contributed by atoms with Gasteiger partial charge in [-0.15, -0.1) is 10.2 Å². The molecule has 2 aromatic carbocycles. The molecule has 0 radical (unpaired) electrons. The third-order valence-corrected chi connectivity index (χ3v) is 5.82. The van der Waals surface area contributed by atoms with Crippen molar-refractivity contribution < 1.29 is 9.59 Å². The second-order valence-corrected chi connectivity index (χ2v) is 8.00. The number of carbonyl (C=O) groups excluding carboxylic acids is 2. The van der Waals surface area contributed by atoms with Crippen LogP contribution in [0.2, 0.25) is 0 Å². The normalized spacial score (nSPS) is 10.7. The van der Waals surface area contributed by atoms with Gasteiger partial charge < -0.3 is 15.2 Å². The van der Waals surface area contributed by atoms with E-state index >= 15 is 0 Å². The number of benzene rings is 2. The van der Waals surface area contributed by atoms with Crippen LogP contribution < -0.4 is 10.6 Å². The first-order valence-corrected chi connectivity index (χ1v) is 10.6. The number of carbonyl (C=O) groups is 2. The number of nitrogens with zero attached hydrogens (tertiary/aromatic N) is 3. The lowest BCUT2D eigenvalue weighted by atomic mass is 10.1. The van der Waals surface area contributed by atoms with Crippen LogP contribution in [-0.2, 0) is 18.4 Å². The summed E-state index contributed by atoms with van der Waals surface area (Å²) in [5, 5.41) is 14.7. The van der Waals surface area contributed by atoms with Gasteiger partial charge in [-0.2, -0.15) is 0 Å². The summed E-state index contributed by atoms with van der Waals surface area (Å²) < 4.78 is 1.79. The quantitative estimate of drug-likeness (QED) is 0.569. The number of aryl methyl sites for hydroxylation is 3. The summed E-state index contributed by atoms with van der Waals surface area (Å²) in [6.45, 7) is 6.09. The topological polar surface area (TPSA) is 88.9 Å². The van der Waals surface area contributed by atoms with Crippen LogP contribution >= 0.6 is 11.8 Å². The second-order valence-electron chi connectivity index (χ2n) is 7.06. The summed E-state index contributed by atoms with van der Waals surface area (Å²) in [7, 11) is 1.82. The minimum absolute atomic E-state index is 0.102. The molecule has 7 nitrogen and oxygen atoms in total. The van der Waals surface area contributed by atoms with Gasteiger partial charge in [0.25, 0.3) is 5.91 Å². The maximum absolute atomic E-state index is 12.4. The van der Waals surface area contributed by atoms with Crippen LogP contribution in [0.1, 0.15) is 32.9 Å². The molecule has 1 aromatic heterocycles. The molecule has 0 unspecified atom stereocenters. The summed E-state index contributed by atoms with van der Waals surface area (Å²) in [5.74, 6) is 0.581. The second kappa shape index (κ2) is 9.58. The highest BCUT2D eigenvalue weighted by Crippen LogP contribution is 2.21. The first-order chi connectivity index (χ1) is 14.4. The van der Waals surface area contributed by atoms with Crippen molar-refractivity contribution in [1.82, 2.24) is 20.1 Å². The molecule has 0 aliphatic carbocycles. The fourth-order valence-electron chi connectivity index (χ4n) is 3.02. The van der Waals surface area contributed by atoms with Crippen molar-refractivity contribution in [2.24, 2.45) is 7.05 Å². The first-order valence-electron chi connectivity index (χ1n) is 9.57. The third kappa shape index (κ3) is 5.07. The molecule has 1 heterocycles. The molecule has 0 fully saturated rings. The number of anilines is 1. The van der Waals surface area contributed by atoms with Crippen LogP contribution in [-0.4, -0.2) is 32.3 Å². The third-order valence-electron chi connectivity index (χ3n) is 4.80. The Morgan fingerprint density at radius 2 is 1.63 bits per heavy atom. The molecule has 0 bridgehead atoms. The maximum atomic E-state index is 12.4. The van der Waals surface area contributed by atoms with E-state index in [1.807, 2.05) is 64.2 Å². The van der Waals surface area contributed by atoms with Crippen LogP contribution in [0, 0.1) is 20.8 Å². The molecule has 8 heteroatoms. The molecule has 2 amide bonds. The molecule has 2 N–H and O–H groups in total. The monoisotopic (exact) mass is 423 g/mol. The van der Waals surface area contributed by atoms with Crippen molar-refractivity contribution in [1.29, 1.82) is 0 Å². The molecule has 0 aliphatic heterocycles. The molecular weight excluding hydrogens is 398 g/mol. The van der Waals surface area contributed by atoms with Gasteiger partial charge in [-0.25, -0.2) is 0 Å². The van der Waals surface area contributed by atoms with Gasteiger partial charge in [-0.1, -0.05) is 48.2 Å². The lowest BCUT2D eigenvalue weighted by Crippen LogP contribution is -2.25. The Morgan fingerprint density at radius 3 is 2.33 bits per heavy atom. The van der Waals surface area contributed by atoms with E-state index in [-0.39, 0.29) is 24.1 Å². The fourth-order valence-corrected chi connectivity index (χ4v) is 3.75. The predicted octanol–water partition coefficient (Wildman–Crippen LogP) is 3.40. The van der Waals surface area contributed by atoms with E-state index in [9.17, 15) is 9.59 Å². The molecule has 3 rings (SSSR count). The number of para-hydroxylation sites is 1. The Balaban J connectivity index is 1.56. The summed E-state index contributed by atoms with van der Waals surface area (Å²) in [5.41, 5.74) is 4.45. The van der Waals surface area contributed by atoms with Crippen molar-refractivity contribution >= 4 is 29.3 Å². The van der Waals surface area contributed by atoms with Gasteiger partial charge in [0.1, 0.15) is 0 Å². The zero-order chi connectivity index (χ0) is 21.7. The summed E-state index contributed by atoms with van der Waals surface area (Å²) in [6.07, 6.45) is 0. The highest BCUT2D eigenvalue weighted by Gasteiger charge is 2.14. The Bertz CT molecular complexity index is 1060. The van der Waals surface area contributed by atoms with Gasteiger partial charge in [0, 0.05) is 18.3 Å². The average molecular weight is 424 g/mol. The van der Waals surface area contributed by atoms with E-state index < -0.39 is 0 Å². The fraction of sp³-hybridized carbons (Fsp3) is 0.273. The van der Waals surface area contributed by atoms with Gasteiger partial charge >= 0.3 is 0 Å². The molecule has 156 valence electrons. The van der Waals surface area contributed by atoms with E-state index in [0.717, 1.165) is 22.4 Å². The van der Waals surface area contributed by atoms with Crippen molar-refractivity contribution in [2.45, 2.75) is 32.5 Å². The smallest absolute Gasteiger partial charge is 0.251 e. The molecule has 0 saturated heterocycles. The van der Waals surface area contributed by atoms with Gasteiger partial charge in [-0.3, -0.25) is 9.59 Å². The van der Waals surface area contributed by atoms with E-state index in [2.05, 4.69) is 20.8 Å². The van der Waals surface area contributed by atoms with Crippen LogP contribution in [0.5, 0.6) is 0 Å². The Hall–Kier alpha value is -3.13. The Kier molecular flexibility index (Phi) is 6.89. The molecule has 0 spiro atoms. The summed E-state index contributed by atoms with van der Waals surface area (Å²) in [4.78, 5) is 24.7. The van der Waals surface area contributed by atoms with Gasteiger partial charge in [0.05, 0.1) is 12.3 Å². The summed E-state index contributed by atoms with van der Waals surface area (Å²) in [6, 6.07) is 13.3. The highest BCUT2D eigenvalue weighted by atomic mass is 32.2. The number of amides is 2. The standard InChI is InChI=1S/C22H25N5O2S/c1-14-8-5-6-11-17(14)21(29)23-12-18-25-26-22(27(18)4)30-13-19(28)24-20-15(2)9-7-10-16(20)3/h5-11H,12-13H2,1-4H3,(H,23,29)(H,24,28). The van der Waals surface area contributed by atoms with Crippen molar-refractivity contribution in [3.05, 3.63) is 70.5 Å². The average Bonchev–Trinajstić information content (AvgIpc) is 3.07. The van der Waals surface area contributed by atoms with Crippen molar-refractivity contribution in [3.8, 4) is 0 Å². The zero-order valence-electron chi connectivity index (χ0n) is 17.5. The van der Waals surface area contributed by atoms with Crippen LogP contribution in [0.25, 0.3) is 0 Å². The van der Waals surface area contributed by atoms with E-state index in [4.69, 9.17) is 0 Å². The van der Waals surface area contributed by atoms with E-state index in [0.29, 0.717) is 16.5 Å². The minimum atomic E-state index is -0.154. The first kappa shape index (κ1) is 21.6. The van der Waals surface area contributed by atoms with Crippen LogP contribution in [0.15, 0.2) is 47.6 Å². The van der Waals surface area contributed by atoms with Gasteiger partial charge in [-0.05, 0) is 43.5 Å². The molecular formula is C22H25N5O2S. The number of hydrogen-bond donors (Lipinski definition) is 2.